The summed E-state index contributed by atoms with van der Waals surface area (Å²) >= 11 is 0. The predicted octanol–water partition coefficient (Wildman–Crippen LogP) is 3.57. The van der Waals surface area contributed by atoms with Crippen molar-refractivity contribution in [3.05, 3.63) is 90.6 Å². The van der Waals surface area contributed by atoms with E-state index in [1.165, 1.54) is 6.33 Å². The average Bonchev–Trinajstić information content (AvgIpc) is 3.30. The van der Waals surface area contributed by atoms with Crippen LogP contribution >= 0.6 is 0 Å². The smallest absolute Gasteiger partial charge is 0.172 e. The predicted molar refractivity (Wildman–Crippen MR) is 85.6 cm³/mol. The summed E-state index contributed by atoms with van der Waals surface area (Å²) in [6.45, 7) is 0. The third-order valence-corrected chi connectivity index (χ3v) is 3.75. The van der Waals surface area contributed by atoms with E-state index in [9.17, 15) is 0 Å². The number of nitrogens with zero attached hydrogens (tertiary/aromatic N) is 4. The highest BCUT2D eigenvalue weighted by atomic mass is 16.5. The lowest BCUT2D eigenvalue weighted by molar-refractivity contribution is 0.430. The maximum Gasteiger partial charge on any atom is 0.172 e. The van der Waals surface area contributed by atoms with E-state index in [0.29, 0.717) is 0 Å². The molecule has 0 saturated carbocycles. The van der Waals surface area contributed by atoms with Gasteiger partial charge in [0, 0.05) is 11.1 Å². The number of hydrogen-bond donors (Lipinski definition) is 0. The first-order chi connectivity index (χ1) is 11.4. The van der Waals surface area contributed by atoms with E-state index in [1.807, 2.05) is 53.2 Å². The van der Waals surface area contributed by atoms with Crippen LogP contribution < -0.4 is 0 Å². The van der Waals surface area contributed by atoms with Gasteiger partial charge < -0.3 is 4.52 Å². The summed E-state index contributed by atoms with van der Waals surface area (Å²) < 4.78 is 7.35. The van der Waals surface area contributed by atoms with Crippen LogP contribution in [0.15, 0.2) is 84.0 Å². The molecule has 1 atom stereocenters. The van der Waals surface area contributed by atoms with Crippen molar-refractivity contribution in [3.8, 4) is 11.3 Å². The van der Waals surface area contributed by atoms with E-state index >= 15 is 0 Å². The molecule has 0 fully saturated rings. The molecular weight excluding hydrogens is 288 g/mol. The zero-order chi connectivity index (χ0) is 15.5. The Hall–Kier alpha value is -3.21. The van der Waals surface area contributed by atoms with Crippen molar-refractivity contribution in [2.24, 2.45) is 0 Å². The Morgan fingerprint density at radius 3 is 2.35 bits per heavy atom. The van der Waals surface area contributed by atoms with Crippen molar-refractivity contribution in [2.45, 2.75) is 6.04 Å². The SMILES string of the molecule is c1ccc(-c2oncc2C(c2ccccc2)n2cncn2)cc1. The fraction of sp³-hybridized carbons (Fsp3) is 0.0556. The summed E-state index contributed by atoms with van der Waals surface area (Å²) in [6, 6.07) is 20.0. The maximum absolute atomic E-state index is 5.54. The molecule has 2 aromatic heterocycles. The lowest BCUT2D eigenvalue weighted by Crippen LogP contribution is -2.13. The van der Waals surface area contributed by atoms with Gasteiger partial charge in [-0.05, 0) is 5.56 Å². The van der Waals surface area contributed by atoms with E-state index in [1.54, 1.807) is 12.5 Å². The molecule has 5 nitrogen and oxygen atoms in total. The van der Waals surface area contributed by atoms with Crippen molar-refractivity contribution in [1.29, 1.82) is 0 Å². The Morgan fingerprint density at radius 2 is 1.65 bits per heavy atom. The summed E-state index contributed by atoms with van der Waals surface area (Å²) in [5.74, 6) is 0.745. The first kappa shape index (κ1) is 13.5. The number of aromatic nitrogens is 4. The second-order valence-electron chi connectivity index (χ2n) is 5.16. The molecule has 4 rings (SSSR count). The minimum atomic E-state index is -0.139. The Balaban J connectivity index is 1.88. The van der Waals surface area contributed by atoms with E-state index < -0.39 is 0 Å². The molecule has 5 heteroatoms. The van der Waals surface area contributed by atoms with Crippen molar-refractivity contribution >= 4 is 0 Å². The summed E-state index contributed by atoms with van der Waals surface area (Å²) in [5, 5.41) is 8.34. The first-order valence-electron chi connectivity index (χ1n) is 7.32. The zero-order valence-corrected chi connectivity index (χ0v) is 12.3. The van der Waals surface area contributed by atoms with Crippen LogP contribution in [-0.2, 0) is 0 Å². The molecule has 23 heavy (non-hydrogen) atoms. The fourth-order valence-electron chi connectivity index (χ4n) is 2.71. The van der Waals surface area contributed by atoms with Gasteiger partial charge in [-0.2, -0.15) is 5.10 Å². The highest BCUT2D eigenvalue weighted by molar-refractivity contribution is 5.62. The van der Waals surface area contributed by atoms with Crippen LogP contribution in [0.25, 0.3) is 11.3 Å². The second-order valence-corrected chi connectivity index (χ2v) is 5.16. The first-order valence-corrected chi connectivity index (χ1v) is 7.32. The van der Waals surface area contributed by atoms with Gasteiger partial charge in [0.1, 0.15) is 18.7 Å². The van der Waals surface area contributed by atoms with Crippen LogP contribution in [0.2, 0.25) is 0 Å². The zero-order valence-electron chi connectivity index (χ0n) is 12.3. The van der Waals surface area contributed by atoms with Crippen LogP contribution in [0.1, 0.15) is 17.2 Å². The summed E-state index contributed by atoms with van der Waals surface area (Å²) in [7, 11) is 0. The van der Waals surface area contributed by atoms with Crippen LogP contribution in [0.3, 0.4) is 0 Å². The third kappa shape index (κ3) is 2.53. The highest BCUT2D eigenvalue weighted by Gasteiger charge is 2.24. The maximum atomic E-state index is 5.54. The lowest BCUT2D eigenvalue weighted by Gasteiger charge is -2.17. The van der Waals surface area contributed by atoms with Gasteiger partial charge in [0.05, 0.1) is 6.20 Å². The molecule has 2 heterocycles. The van der Waals surface area contributed by atoms with Crippen LogP contribution in [0.5, 0.6) is 0 Å². The second kappa shape index (κ2) is 5.88. The van der Waals surface area contributed by atoms with E-state index in [-0.39, 0.29) is 6.04 Å². The van der Waals surface area contributed by atoms with Gasteiger partial charge >= 0.3 is 0 Å². The molecular formula is C18H14N4O. The number of hydrogen-bond acceptors (Lipinski definition) is 4. The van der Waals surface area contributed by atoms with E-state index in [2.05, 4.69) is 27.4 Å². The van der Waals surface area contributed by atoms with Gasteiger partial charge in [0.2, 0.25) is 0 Å². The Morgan fingerprint density at radius 1 is 0.913 bits per heavy atom. The van der Waals surface area contributed by atoms with Crippen molar-refractivity contribution in [3.63, 3.8) is 0 Å². The topological polar surface area (TPSA) is 56.7 Å². The highest BCUT2D eigenvalue weighted by Crippen LogP contribution is 2.33. The average molecular weight is 302 g/mol. The molecule has 0 amide bonds. The molecule has 0 radical (unpaired) electrons. The van der Waals surface area contributed by atoms with Crippen LogP contribution in [0.4, 0.5) is 0 Å². The molecule has 0 N–H and O–H groups in total. The van der Waals surface area contributed by atoms with Gasteiger partial charge in [-0.25, -0.2) is 9.67 Å². The monoisotopic (exact) mass is 302 g/mol. The van der Waals surface area contributed by atoms with E-state index in [0.717, 1.165) is 22.5 Å². The minimum Gasteiger partial charge on any atom is -0.356 e. The van der Waals surface area contributed by atoms with Crippen molar-refractivity contribution < 1.29 is 4.52 Å². The molecule has 0 saturated heterocycles. The Labute approximate surface area is 133 Å². The van der Waals surface area contributed by atoms with E-state index in [4.69, 9.17) is 4.52 Å². The van der Waals surface area contributed by atoms with Gasteiger partial charge in [-0.15, -0.1) is 0 Å². The fourth-order valence-corrected chi connectivity index (χ4v) is 2.71. The largest absolute Gasteiger partial charge is 0.356 e. The van der Waals surface area contributed by atoms with Gasteiger partial charge in [-0.1, -0.05) is 65.8 Å². The van der Waals surface area contributed by atoms with Crippen molar-refractivity contribution in [2.75, 3.05) is 0 Å². The third-order valence-electron chi connectivity index (χ3n) is 3.75. The van der Waals surface area contributed by atoms with Gasteiger partial charge in [-0.3, -0.25) is 0 Å². The molecule has 112 valence electrons. The molecule has 1 unspecified atom stereocenters. The van der Waals surface area contributed by atoms with Gasteiger partial charge in [0.25, 0.3) is 0 Å². The number of rotatable bonds is 4. The quantitative estimate of drug-likeness (QED) is 0.578. The van der Waals surface area contributed by atoms with Gasteiger partial charge in [0.15, 0.2) is 5.76 Å². The summed E-state index contributed by atoms with van der Waals surface area (Å²) in [5.41, 5.74) is 3.03. The lowest BCUT2D eigenvalue weighted by atomic mass is 9.97. The molecule has 0 aliphatic carbocycles. The number of benzene rings is 2. The minimum absolute atomic E-state index is 0.139. The normalized spacial score (nSPS) is 12.2. The van der Waals surface area contributed by atoms with Crippen LogP contribution in [-0.4, -0.2) is 19.9 Å². The van der Waals surface area contributed by atoms with Crippen molar-refractivity contribution in [1.82, 2.24) is 19.9 Å². The summed E-state index contributed by atoms with van der Waals surface area (Å²) in [6.07, 6.45) is 4.99. The molecule has 0 aliphatic heterocycles. The Kier molecular flexibility index (Phi) is 3.44. The van der Waals surface area contributed by atoms with Crippen LogP contribution in [0, 0.1) is 0 Å². The summed E-state index contributed by atoms with van der Waals surface area (Å²) in [4.78, 5) is 4.08. The molecule has 4 aromatic rings. The Bertz CT molecular complexity index is 870. The molecule has 0 spiro atoms. The standard InChI is InChI=1S/C18H14N4O/c1-3-7-14(8-4-1)17(22-13-19-12-20-22)16-11-21-23-18(16)15-9-5-2-6-10-15/h1-13,17H. The molecule has 0 aliphatic rings. The molecule has 2 aromatic carbocycles. The molecule has 0 bridgehead atoms.